The van der Waals surface area contributed by atoms with Gasteiger partial charge in [0.1, 0.15) is 0 Å². The molecule has 2 heterocycles. The van der Waals surface area contributed by atoms with Crippen LogP contribution in [0.5, 0.6) is 0 Å². The number of thiophene rings is 1. The van der Waals surface area contributed by atoms with E-state index in [4.69, 9.17) is 4.74 Å². The number of nitrogens with one attached hydrogen (secondary N) is 1. The first-order valence-corrected chi connectivity index (χ1v) is 7.03. The van der Waals surface area contributed by atoms with Gasteiger partial charge in [-0.05, 0) is 45.9 Å². The highest BCUT2D eigenvalue weighted by molar-refractivity contribution is 9.11. The summed E-state index contributed by atoms with van der Waals surface area (Å²) >= 11 is 5.27. The minimum atomic E-state index is 0.458. The maximum Gasteiger partial charge on any atom is 0.0701 e. The molecule has 0 saturated carbocycles. The van der Waals surface area contributed by atoms with Crippen molar-refractivity contribution in [3.05, 3.63) is 20.8 Å². The summed E-state index contributed by atoms with van der Waals surface area (Å²) in [6.07, 6.45) is 1.17. The van der Waals surface area contributed by atoms with Crippen molar-refractivity contribution in [3.8, 4) is 0 Å². The highest BCUT2D eigenvalue weighted by atomic mass is 79.9. The third-order valence-electron chi connectivity index (χ3n) is 2.81. The van der Waals surface area contributed by atoms with E-state index in [0.717, 1.165) is 19.8 Å². The smallest absolute Gasteiger partial charge is 0.0701 e. The van der Waals surface area contributed by atoms with Crippen molar-refractivity contribution >= 4 is 27.3 Å². The first kappa shape index (κ1) is 11.6. The maximum atomic E-state index is 5.46. The van der Waals surface area contributed by atoms with Gasteiger partial charge in [-0.3, -0.25) is 0 Å². The quantitative estimate of drug-likeness (QED) is 0.919. The summed E-state index contributed by atoms with van der Waals surface area (Å²) < 4.78 is 6.67. The van der Waals surface area contributed by atoms with Crippen LogP contribution in [0.3, 0.4) is 0 Å². The standard InChI is InChI=1S/C11H16BrNOS/c1-2-13-11(8-3-4-14-6-8)9-5-10(12)15-7-9/h5,7-8,11,13H,2-4,6H2,1H3. The van der Waals surface area contributed by atoms with E-state index in [1.165, 1.54) is 15.8 Å². The topological polar surface area (TPSA) is 21.3 Å². The van der Waals surface area contributed by atoms with E-state index in [1.54, 1.807) is 11.3 Å². The summed E-state index contributed by atoms with van der Waals surface area (Å²) in [6, 6.07) is 2.68. The lowest BCUT2D eigenvalue weighted by Crippen LogP contribution is -2.28. The van der Waals surface area contributed by atoms with Crippen molar-refractivity contribution < 1.29 is 4.74 Å². The Bertz CT molecular complexity index is 309. The molecule has 1 N–H and O–H groups in total. The fourth-order valence-electron chi connectivity index (χ4n) is 2.08. The molecule has 0 aliphatic carbocycles. The molecule has 0 spiro atoms. The van der Waals surface area contributed by atoms with Crippen molar-refractivity contribution in [1.29, 1.82) is 0 Å². The Morgan fingerprint density at radius 1 is 1.73 bits per heavy atom. The van der Waals surface area contributed by atoms with E-state index < -0.39 is 0 Å². The zero-order valence-electron chi connectivity index (χ0n) is 8.83. The van der Waals surface area contributed by atoms with Gasteiger partial charge in [-0.25, -0.2) is 0 Å². The van der Waals surface area contributed by atoms with Crippen LogP contribution in [-0.4, -0.2) is 19.8 Å². The minimum absolute atomic E-state index is 0.458. The van der Waals surface area contributed by atoms with E-state index in [-0.39, 0.29) is 0 Å². The van der Waals surface area contributed by atoms with Crippen LogP contribution >= 0.6 is 27.3 Å². The largest absolute Gasteiger partial charge is 0.381 e. The Morgan fingerprint density at radius 3 is 3.13 bits per heavy atom. The highest BCUT2D eigenvalue weighted by Crippen LogP contribution is 2.33. The van der Waals surface area contributed by atoms with Gasteiger partial charge >= 0.3 is 0 Å². The molecule has 0 bridgehead atoms. The normalized spacial score (nSPS) is 23.2. The number of halogens is 1. The van der Waals surface area contributed by atoms with Crippen LogP contribution in [0.15, 0.2) is 15.2 Å². The molecule has 2 nitrogen and oxygen atoms in total. The number of hydrogen-bond acceptors (Lipinski definition) is 3. The summed E-state index contributed by atoms with van der Waals surface area (Å²) in [4.78, 5) is 0. The van der Waals surface area contributed by atoms with Crippen molar-refractivity contribution in [2.45, 2.75) is 19.4 Å². The van der Waals surface area contributed by atoms with Gasteiger partial charge in [0.25, 0.3) is 0 Å². The highest BCUT2D eigenvalue weighted by Gasteiger charge is 2.26. The van der Waals surface area contributed by atoms with Crippen LogP contribution in [0.4, 0.5) is 0 Å². The molecule has 0 radical (unpaired) electrons. The predicted molar refractivity (Wildman–Crippen MR) is 67.4 cm³/mol. The van der Waals surface area contributed by atoms with E-state index in [2.05, 4.69) is 39.6 Å². The molecule has 0 aromatic carbocycles. The van der Waals surface area contributed by atoms with E-state index >= 15 is 0 Å². The van der Waals surface area contributed by atoms with Crippen LogP contribution < -0.4 is 5.32 Å². The van der Waals surface area contributed by atoms with Crippen molar-refractivity contribution in [3.63, 3.8) is 0 Å². The molecular formula is C11H16BrNOS. The van der Waals surface area contributed by atoms with Crippen LogP contribution in [0, 0.1) is 5.92 Å². The van der Waals surface area contributed by atoms with Gasteiger partial charge in [0, 0.05) is 18.6 Å². The third-order valence-corrected chi connectivity index (χ3v) is 4.33. The van der Waals surface area contributed by atoms with Crippen LogP contribution in [0.2, 0.25) is 0 Å². The summed E-state index contributed by atoms with van der Waals surface area (Å²) in [5.41, 5.74) is 1.39. The number of ether oxygens (including phenoxy) is 1. The molecular weight excluding hydrogens is 274 g/mol. The van der Waals surface area contributed by atoms with E-state index in [0.29, 0.717) is 12.0 Å². The van der Waals surface area contributed by atoms with E-state index in [9.17, 15) is 0 Å². The SMILES string of the molecule is CCNC(c1csc(Br)c1)C1CCOC1. The number of hydrogen-bond donors (Lipinski definition) is 1. The van der Waals surface area contributed by atoms with Crippen LogP contribution in [-0.2, 0) is 4.74 Å². The van der Waals surface area contributed by atoms with Gasteiger partial charge in [0.15, 0.2) is 0 Å². The van der Waals surface area contributed by atoms with Crippen molar-refractivity contribution in [2.75, 3.05) is 19.8 Å². The fraction of sp³-hybridized carbons (Fsp3) is 0.636. The molecule has 4 heteroatoms. The Kier molecular flexibility index (Phi) is 4.20. The van der Waals surface area contributed by atoms with E-state index in [1.807, 2.05) is 0 Å². The van der Waals surface area contributed by atoms with Gasteiger partial charge in [-0.2, -0.15) is 0 Å². The molecule has 1 saturated heterocycles. The molecule has 0 amide bonds. The van der Waals surface area contributed by atoms with Crippen molar-refractivity contribution in [1.82, 2.24) is 5.32 Å². The molecule has 15 heavy (non-hydrogen) atoms. The lowest BCUT2D eigenvalue weighted by molar-refractivity contribution is 0.177. The summed E-state index contributed by atoms with van der Waals surface area (Å²) in [6.45, 7) is 4.97. The first-order valence-electron chi connectivity index (χ1n) is 5.36. The zero-order chi connectivity index (χ0) is 10.7. The molecule has 84 valence electrons. The zero-order valence-corrected chi connectivity index (χ0v) is 11.2. The average Bonchev–Trinajstić information content (AvgIpc) is 2.85. The summed E-state index contributed by atoms with van der Waals surface area (Å²) in [5.74, 6) is 0.631. The fourth-order valence-corrected chi connectivity index (χ4v) is 3.29. The second kappa shape index (κ2) is 5.43. The van der Waals surface area contributed by atoms with Gasteiger partial charge in [0.2, 0.25) is 0 Å². The Hall–Kier alpha value is 0.1000. The van der Waals surface area contributed by atoms with Gasteiger partial charge in [0.05, 0.1) is 10.4 Å². The lowest BCUT2D eigenvalue weighted by atomic mass is 9.94. The molecule has 1 aromatic rings. The third kappa shape index (κ3) is 2.81. The second-order valence-corrected chi connectivity index (χ2v) is 6.13. The second-order valence-electron chi connectivity index (χ2n) is 3.84. The Labute approximate surface area is 103 Å². The van der Waals surface area contributed by atoms with Crippen LogP contribution in [0.1, 0.15) is 24.9 Å². The predicted octanol–water partition coefficient (Wildman–Crippen LogP) is 3.20. The average molecular weight is 290 g/mol. The van der Waals surface area contributed by atoms with Gasteiger partial charge < -0.3 is 10.1 Å². The molecule has 2 rings (SSSR count). The molecule has 2 unspecified atom stereocenters. The molecule has 1 aliphatic heterocycles. The Balaban J connectivity index is 2.11. The molecule has 1 fully saturated rings. The van der Waals surface area contributed by atoms with Crippen molar-refractivity contribution in [2.24, 2.45) is 5.92 Å². The molecule has 1 aromatic heterocycles. The summed E-state index contributed by atoms with van der Waals surface area (Å²) in [7, 11) is 0. The monoisotopic (exact) mass is 289 g/mol. The van der Waals surface area contributed by atoms with Gasteiger partial charge in [-0.15, -0.1) is 11.3 Å². The lowest BCUT2D eigenvalue weighted by Gasteiger charge is -2.22. The first-order chi connectivity index (χ1) is 7.31. The summed E-state index contributed by atoms with van der Waals surface area (Å²) in [5, 5.41) is 5.79. The molecule has 1 aliphatic rings. The molecule has 2 atom stereocenters. The maximum absolute atomic E-state index is 5.46. The number of rotatable bonds is 4. The Morgan fingerprint density at radius 2 is 2.60 bits per heavy atom. The van der Waals surface area contributed by atoms with Crippen LogP contribution in [0.25, 0.3) is 0 Å². The minimum Gasteiger partial charge on any atom is -0.381 e. The van der Waals surface area contributed by atoms with Gasteiger partial charge in [-0.1, -0.05) is 6.92 Å².